The molecule has 0 aliphatic carbocycles. The van der Waals surface area contributed by atoms with E-state index >= 15 is 0 Å². The zero-order chi connectivity index (χ0) is 14.8. The van der Waals surface area contributed by atoms with Gasteiger partial charge in [-0.2, -0.15) is 0 Å². The molecule has 0 radical (unpaired) electrons. The van der Waals surface area contributed by atoms with E-state index in [0.29, 0.717) is 24.1 Å². The third-order valence-electron chi connectivity index (χ3n) is 4.36. The number of ether oxygens (including phenoxy) is 2. The van der Waals surface area contributed by atoms with E-state index in [9.17, 15) is 4.79 Å². The average Bonchev–Trinajstić information content (AvgIpc) is 2.53. The molecule has 0 N–H and O–H groups in total. The molecule has 4 heteroatoms. The molecule has 2 aliphatic heterocycles. The van der Waals surface area contributed by atoms with Gasteiger partial charge in [-0.05, 0) is 37.1 Å². The topological polar surface area (TPSA) is 38.8 Å². The van der Waals surface area contributed by atoms with E-state index in [4.69, 9.17) is 9.47 Å². The number of methoxy groups -OCH3 is 2. The maximum atomic E-state index is 12.4. The fourth-order valence-corrected chi connectivity index (χ4v) is 3.22. The first kappa shape index (κ1) is 14.1. The second kappa shape index (κ2) is 5.90. The minimum absolute atomic E-state index is 0.195. The molecule has 2 heterocycles. The van der Waals surface area contributed by atoms with Crippen LogP contribution in [0.2, 0.25) is 0 Å². The van der Waals surface area contributed by atoms with Crippen molar-refractivity contribution < 1.29 is 14.3 Å². The molecule has 1 aromatic rings. The van der Waals surface area contributed by atoms with Gasteiger partial charge in [0.15, 0.2) is 17.3 Å². The number of benzene rings is 1. The summed E-state index contributed by atoms with van der Waals surface area (Å²) in [6, 6.07) is 6.08. The van der Waals surface area contributed by atoms with E-state index in [0.717, 1.165) is 24.1 Å². The monoisotopic (exact) mass is 287 g/mol. The van der Waals surface area contributed by atoms with Crippen LogP contribution in [0.4, 0.5) is 0 Å². The fraction of sp³-hybridized carbons (Fsp3) is 0.471. The highest BCUT2D eigenvalue weighted by Gasteiger charge is 2.30. The molecule has 0 aromatic heterocycles. The van der Waals surface area contributed by atoms with Crippen LogP contribution in [0.15, 0.2) is 24.3 Å². The average molecular weight is 287 g/mol. The highest BCUT2D eigenvalue weighted by molar-refractivity contribution is 6.22. The Labute approximate surface area is 125 Å². The maximum absolute atomic E-state index is 12.4. The molecule has 21 heavy (non-hydrogen) atoms. The van der Waals surface area contributed by atoms with Crippen molar-refractivity contribution >= 4 is 11.4 Å². The van der Waals surface area contributed by atoms with Crippen LogP contribution in [0.3, 0.4) is 0 Å². The van der Waals surface area contributed by atoms with Crippen LogP contribution in [-0.2, 0) is 4.79 Å². The molecule has 3 rings (SSSR count). The molecule has 112 valence electrons. The summed E-state index contributed by atoms with van der Waals surface area (Å²) in [5, 5.41) is 0. The van der Waals surface area contributed by atoms with Crippen molar-refractivity contribution in [3.8, 4) is 11.5 Å². The number of hydrogen-bond donors (Lipinski definition) is 0. The molecule has 1 saturated heterocycles. The predicted molar refractivity (Wildman–Crippen MR) is 81.7 cm³/mol. The van der Waals surface area contributed by atoms with Gasteiger partial charge in [-0.25, -0.2) is 0 Å². The quantitative estimate of drug-likeness (QED) is 0.856. The third-order valence-corrected chi connectivity index (χ3v) is 4.36. The Bertz CT molecular complexity index is 579. The first-order chi connectivity index (χ1) is 10.2. The summed E-state index contributed by atoms with van der Waals surface area (Å²) in [5.41, 5.74) is 1.74. The Hall–Kier alpha value is -1.81. The van der Waals surface area contributed by atoms with E-state index in [-0.39, 0.29) is 5.78 Å². The SMILES string of the molecule is COc1ccc(C2=CC3CCCCN3CC2=O)cc1OC. The summed E-state index contributed by atoms with van der Waals surface area (Å²) in [6.07, 6.45) is 5.71. The number of ketones is 1. The summed E-state index contributed by atoms with van der Waals surface area (Å²) >= 11 is 0. The Morgan fingerprint density at radius 3 is 2.71 bits per heavy atom. The highest BCUT2D eigenvalue weighted by atomic mass is 16.5. The van der Waals surface area contributed by atoms with Crippen LogP contribution in [0.1, 0.15) is 24.8 Å². The van der Waals surface area contributed by atoms with Gasteiger partial charge in [0.05, 0.1) is 20.8 Å². The number of rotatable bonds is 3. The largest absolute Gasteiger partial charge is 0.493 e. The molecular weight excluding hydrogens is 266 g/mol. The fourth-order valence-electron chi connectivity index (χ4n) is 3.22. The molecule has 0 spiro atoms. The van der Waals surface area contributed by atoms with Gasteiger partial charge in [0.2, 0.25) is 0 Å². The standard InChI is InChI=1S/C17H21NO3/c1-20-16-7-6-12(9-17(16)21-2)14-10-13-5-3-4-8-18(13)11-15(14)19/h6-7,9-10,13H,3-5,8,11H2,1-2H3. The van der Waals surface area contributed by atoms with Gasteiger partial charge in [0.1, 0.15) is 0 Å². The molecule has 1 unspecified atom stereocenters. The lowest BCUT2D eigenvalue weighted by Gasteiger charge is -2.37. The maximum Gasteiger partial charge on any atom is 0.177 e. The lowest BCUT2D eigenvalue weighted by Crippen LogP contribution is -2.44. The van der Waals surface area contributed by atoms with Crippen molar-refractivity contribution in [2.75, 3.05) is 27.3 Å². The van der Waals surface area contributed by atoms with Crippen molar-refractivity contribution in [1.82, 2.24) is 4.90 Å². The Balaban J connectivity index is 1.95. The van der Waals surface area contributed by atoms with E-state index in [1.165, 1.54) is 12.8 Å². The first-order valence-corrected chi connectivity index (χ1v) is 7.44. The second-order valence-corrected chi connectivity index (χ2v) is 5.61. The number of piperidine rings is 1. The number of carbonyl (C=O) groups is 1. The van der Waals surface area contributed by atoms with Crippen molar-refractivity contribution in [3.63, 3.8) is 0 Å². The van der Waals surface area contributed by atoms with Crippen molar-refractivity contribution in [3.05, 3.63) is 29.8 Å². The van der Waals surface area contributed by atoms with Crippen LogP contribution >= 0.6 is 0 Å². The minimum Gasteiger partial charge on any atom is -0.493 e. The number of hydrogen-bond acceptors (Lipinski definition) is 4. The van der Waals surface area contributed by atoms with Gasteiger partial charge in [-0.3, -0.25) is 9.69 Å². The smallest absolute Gasteiger partial charge is 0.177 e. The van der Waals surface area contributed by atoms with Gasteiger partial charge in [0.25, 0.3) is 0 Å². The van der Waals surface area contributed by atoms with Crippen LogP contribution in [0.5, 0.6) is 11.5 Å². The zero-order valence-electron chi connectivity index (χ0n) is 12.6. The number of fused-ring (bicyclic) bond motifs is 1. The van der Waals surface area contributed by atoms with Gasteiger partial charge in [-0.15, -0.1) is 0 Å². The van der Waals surface area contributed by atoms with Gasteiger partial charge >= 0.3 is 0 Å². The van der Waals surface area contributed by atoms with Gasteiger partial charge in [0, 0.05) is 11.6 Å². The summed E-state index contributed by atoms with van der Waals surface area (Å²) in [6.45, 7) is 1.57. The van der Waals surface area contributed by atoms with Gasteiger partial charge < -0.3 is 9.47 Å². The Morgan fingerprint density at radius 1 is 1.14 bits per heavy atom. The molecule has 1 fully saturated rings. The normalized spacial score (nSPS) is 22.5. The number of nitrogens with zero attached hydrogens (tertiary/aromatic N) is 1. The molecule has 0 amide bonds. The van der Waals surface area contributed by atoms with Crippen molar-refractivity contribution in [2.45, 2.75) is 25.3 Å². The van der Waals surface area contributed by atoms with Crippen LogP contribution in [-0.4, -0.2) is 44.0 Å². The molecule has 0 saturated carbocycles. The first-order valence-electron chi connectivity index (χ1n) is 7.44. The van der Waals surface area contributed by atoms with E-state index in [1.807, 2.05) is 18.2 Å². The second-order valence-electron chi connectivity index (χ2n) is 5.61. The lowest BCUT2D eigenvalue weighted by atomic mass is 9.90. The van der Waals surface area contributed by atoms with Crippen LogP contribution in [0, 0.1) is 0 Å². The predicted octanol–water partition coefficient (Wildman–Crippen LogP) is 2.52. The van der Waals surface area contributed by atoms with Crippen LogP contribution < -0.4 is 9.47 Å². The lowest BCUT2D eigenvalue weighted by molar-refractivity contribution is -0.116. The van der Waals surface area contributed by atoms with E-state index in [1.54, 1.807) is 14.2 Å². The molecule has 0 bridgehead atoms. The zero-order valence-corrected chi connectivity index (χ0v) is 12.6. The minimum atomic E-state index is 0.195. The molecular formula is C17H21NO3. The molecule has 2 aliphatic rings. The molecule has 4 nitrogen and oxygen atoms in total. The third kappa shape index (κ3) is 2.68. The summed E-state index contributed by atoms with van der Waals surface area (Å²) in [4.78, 5) is 14.7. The summed E-state index contributed by atoms with van der Waals surface area (Å²) < 4.78 is 10.6. The van der Waals surface area contributed by atoms with Crippen molar-refractivity contribution in [1.29, 1.82) is 0 Å². The highest BCUT2D eigenvalue weighted by Crippen LogP contribution is 2.33. The number of carbonyl (C=O) groups excluding carboxylic acids is 1. The van der Waals surface area contributed by atoms with Crippen molar-refractivity contribution in [2.24, 2.45) is 0 Å². The molecule has 1 atom stereocenters. The summed E-state index contributed by atoms with van der Waals surface area (Å²) in [5.74, 6) is 1.54. The van der Waals surface area contributed by atoms with Gasteiger partial charge in [-0.1, -0.05) is 18.6 Å². The molecule has 1 aromatic carbocycles. The van der Waals surface area contributed by atoms with E-state index < -0.39 is 0 Å². The van der Waals surface area contributed by atoms with E-state index in [2.05, 4.69) is 11.0 Å². The Kier molecular flexibility index (Phi) is 3.97. The summed E-state index contributed by atoms with van der Waals surface area (Å²) in [7, 11) is 3.23. The number of Topliss-reactive ketones (excluding diaryl/α,β-unsaturated/α-hetero) is 1. The Morgan fingerprint density at radius 2 is 1.95 bits per heavy atom. The van der Waals surface area contributed by atoms with Crippen LogP contribution in [0.25, 0.3) is 5.57 Å².